The Kier molecular flexibility index (Phi) is 7.34. The van der Waals surface area contributed by atoms with E-state index >= 15 is 0 Å². The summed E-state index contributed by atoms with van der Waals surface area (Å²) in [5.41, 5.74) is 6.67. The Balaban J connectivity index is 0.00000308. The molecule has 1 aliphatic rings. The second-order valence-electron chi connectivity index (χ2n) is 10.8. The van der Waals surface area contributed by atoms with Gasteiger partial charge in [-0.2, -0.15) is 29.5 Å². The van der Waals surface area contributed by atoms with E-state index in [4.69, 9.17) is 9.72 Å². The second-order valence-corrected chi connectivity index (χ2v) is 11.8. The van der Waals surface area contributed by atoms with Gasteiger partial charge in [-0.05, 0) is 55.1 Å². The van der Waals surface area contributed by atoms with Gasteiger partial charge in [0, 0.05) is 44.4 Å². The van der Waals surface area contributed by atoms with Gasteiger partial charge in [0.15, 0.2) is 0 Å². The molecule has 0 saturated carbocycles. The van der Waals surface area contributed by atoms with Crippen LogP contribution in [0.5, 0.6) is 10.8 Å². The number of benzene rings is 3. The first kappa shape index (κ1) is 27.4. The Labute approximate surface area is 249 Å². The third-order valence-electron chi connectivity index (χ3n) is 7.24. The van der Waals surface area contributed by atoms with Crippen molar-refractivity contribution < 1.29 is 25.8 Å². The minimum absolute atomic E-state index is 0. The number of anilines is 1. The summed E-state index contributed by atoms with van der Waals surface area (Å²) in [5, 5.41) is 4.09. The molecule has 0 amide bonds. The van der Waals surface area contributed by atoms with Gasteiger partial charge in [-0.25, -0.2) is 0 Å². The number of hydrogen-bond donors (Lipinski definition) is 0. The Morgan fingerprint density at radius 1 is 0.949 bits per heavy atom. The molecule has 0 fully saturated rings. The molecule has 0 N–H and O–H groups in total. The average Bonchev–Trinajstić information content (AvgIpc) is 3.41. The molecule has 0 atom stereocenters. The molecule has 3 heterocycles. The fourth-order valence-corrected chi connectivity index (χ4v) is 5.78. The standard InChI is InChI=1S/C33H30N3OS.Pt/c1-21-22(2)36(20-35(21)6)25-11-9-12-26(18-25)37-31-19-28-30(38-31)16-23-10-7-8-13-27(23)32(28)29-17-24(14-15-34-29)33(3,4)5;/h7-17,20H,1-6H3;/q-3;. The van der Waals surface area contributed by atoms with Gasteiger partial charge in [0.25, 0.3) is 0 Å². The molecule has 0 radical (unpaired) electrons. The van der Waals surface area contributed by atoms with Gasteiger partial charge in [0.2, 0.25) is 0 Å². The summed E-state index contributed by atoms with van der Waals surface area (Å²) < 4.78 is 7.49. The molecule has 39 heavy (non-hydrogen) atoms. The van der Waals surface area contributed by atoms with Crippen LogP contribution in [0.25, 0.3) is 32.1 Å². The van der Waals surface area contributed by atoms with E-state index in [-0.39, 0.29) is 26.5 Å². The van der Waals surface area contributed by atoms with Crippen molar-refractivity contribution >= 4 is 37.9 Å². The molecule has 1 aliphatic heterocycles. The molecule has 0 unspecified atom stereocenters. The van der Waals surface area contributed by atoms with Gasteiger partial charge in [0.1, 0.15) is 5.06 Å². The van der Waals surface area contributed by atoms with Crippen molar-refractivity contribution in [1.82, 2.24) is 9.88 Å². The summed E-state index contributed by atoms with van der Waals surface area (Å²) >= 11 is 1.60. The van der Waals surface area contributed by atoms with Crippen LogP contribution in [0, 0.1) is 18.8 Å². The van der Waals surface area contributed by atoms with Gasteiger partial charge in [-0.3, -0.25) is 4.98 Å². The molecule has 0 aliphatic carbocycles. The van der Waals surface area contributed by atoms with Crippen LogP contribution in [0.3, 0.4) is 0 Å². The van der Waals surface area contributed by atoms with Crippen LogP contribution >= 0.6 is 11.3 Å². The molecule has 6 rings (SSSR count). The molecule has 6 heteroatoms. The van der Waals surface area contributed by atoms with E-state index in [0.29, 0.717) is 10.8 Å². The van der Waals surface area contributed by atoms with Crippen LogP contribution in [0.4, 0.5) is 5.69 Å². The zero-order valence-electron chi connectivity index (χ0n) is 22.9. The number of rotatable bonds is 4. The Hall–Kier alpha value is -3.14. The molecule has 0 saturated heterocycles. The van der Waals surface area contributed by atoms with Crippen LogP contribution in [-0.4, -0.2) is 16.9 Å². The van der Waals surface area contributed by atoms with Crippen molar-refractivity contribution in [2.24, 2.45) is 0 Å². The van der Waals surface area contributed by atoms with Crippen molar-refractivity contribution in [2.75, 3.05) is 11.9 Å². The molecule has 0 spiro atoms. The van der Waals surface area contributed by atoms with E-state index in [1.165, 1.54) is 27.7 Å². The third-order valence-corrected chi connectivity index (χ3v) is 8.16. The van der Waals surface area contributed by atoms with E-state index < -0.39 is 0 Å². The van der Waals surface area contributed by atoms with E-state index in [0.717, 1.165) is 27.0 Å². The number of nitrogens with zero attached hydrogens (tertiary/aromatic N) is 3. The van der Waals surface area contributed by atoms with E-state index in [1.54, 1.807) is 11.3 Å². The average molecular weight is 712 g/mol. The minimum Gasteiger partial charge on any atom is -0.508 e. The maximum absolute atomic E-state index is 6.36. The fourth-order valence-electron chi connectivity index (χ4n) is 4.85. The fraction of sp³-hybridized carbons (Fsp3) is 0.212. The van der Waals surface area contributed by atoms with Crippen LogP contribution in [-0.2, 0) is 26.5 Å². The minimum atomic E-state index is 0. The van der Waals surface area contributed by atoms with Gasteiger partial charge >= 0.3 is 0 Å². The smallest absolute Gasteiger partial charge is 0.107 e. The number of hydrogen-bond acceptors (Lipinski definition) is 5. The zero-order chi connectivity index (χ0) is 26.6. The van der Waals surface area contributed by atoms with E-state index in [1.807, 2.05) is 24.4 Å². The van der Waals surface area contributed by atoms with Crippen LogP contribution in [0.15, 0.2) is 78.3 Å². The molecular weight excluding hydrogens is 682 g/mol. The van der Waals surface area contributed by atoms with Crippen molar-refractivity contribution in [2.45, 2.75) is 40.0 Å². The maximum Gasteiger partial charge on any atom is 0.107 e. The zero-order valence-corrected chi connectivity index (χ0v) is 26.0. The summed E-state index contributed by atoms with van der Waals surface area (Å²) in [6.45, 7) is 13.0. The first-order chi connectivity index (χ1) is 18.2. The normalized spacial score (nSPS) is 13.9. The first-order valence-corrected chi connectivity index (χ1v) is 13.6. The molecule has 2 aromatic heterocycles. The summed E-state index contributed by atoms with van der Waals surface area (Å²) in [7, 11) is 2.05. The van der Waals surface area contributed by atoms with Gasteiger partial charge in [0.05, 0.1) is 0 Å². The molecular formula is C33H30N3OPtS-3. The quantitative estimate of drug-likeness (QED) is 0.174. The number of pyridine rings is 1. The van der Waals surface area contributed by atoms with Crippen LogP contribution in [0.1, 0.15) is 40.2 Å². The SMILES string of the molecule is CC1=C(C)N(c2[c-]c(Oc3[c-]c4c(-c5cc(C(C)(C)C)ccn5)c5ccccc5cc4s3)ccc2)[CH-]N1C.[Pt]. The molecule has 4 nitrogen and oxygen atoms in total. The van der Waals surface area contributed by atoms with Crippen LogP contribution in [0.2, 0.25) is 0 Å². The molecule has 3 aromatic carbocycles. The largest absolute Gasteiger partial charge is 0.508 e. The van der Waals surface area contributed by atoms with Crippen molar-refractivity contribution in [3.63, 3.8) is 0 Å². The number of thiophene rings is 1. The number of allylic oxidation sites excluding steroid dienone is 2. The van der Waals surface area contributed by atoms with Crippen molar-refractivity contribution in [1.29, 1.82) is 0 Å². The monoisotopic (exact) mass is 711 g/mol. The summed E-state index contributed by atoms with van der Waals surface area (Å²) in [4.78, 5) is 9.06. The molecule has 5 aromatic rings. The first-order valence-electron chi connectivity index (χ1n) is 12.8. The summed E-state index contributed by atoms with van der Waals surface area (Å²) in [6.07, 6.45) is 1.92. The summed E-state index contributed by atoms with van der Waals surface area (Å²) in [5.74, 6) is 0.665. The molecule has 202 valence electrons. The topological polar surface area (TPSA) is 28.6 Å². The second kappa shape index (κ2) is 10.4. The number of fused-ring (bicyclic) bond motifs is 2. The predicted octanol–water partition coefficient (Wildman–Crippen LogP) is 8.93. The van der Waals surface area contributed by atoms with Gasteiger partial charge in [-0.15, -0.1) is 30.0 Å². The Morgan fingerprint density at radius 2 is 1.74 bits per heavy atom. The van der Waals surface area contributed by atoms with E-state index in [2.05, 4.69) is 113 Å². The Morgan fingerprint density at radius 3 is 2.49 bits per heavy atom. The number of ether oxygens (including phenoxy) is 1. The van der Waals surface area contributed by atoms with Crippen molar-refractivity contribution in [3.05, 3.63) is 103 Å². The number of aromatic nitrogens is 1. The third kappa shape index (κ3) is 5.11. The molecule has 0 bridgehead atoms. The maximum atomic E-state index is 6.36. The van der Waals surface area contributed by atoms with Crippen LogP contribution < -0.4 is 9.64 Å². The predicted molar refractivity (Wildman–Crippen MR) is 158 cm³/mol. The Bertz CT molecular complexity index is 1720. The van der Waals surface area contributed by atoms with E-state index in [9.17, 15) is 0 Å². The summed E-state index contributed by atoms with van der Waals surface area (Å²) in [6, 6.07) is 28.0. The van der Waals surface area contributed by atoms with Crippen molar-refractivity contribution in [3.8, 4) is 22.1 Å². The van der Waals surface area contributed by atoms with Gasteiger partial charge < -0.3 is 14.5 Å². The van der Waals surface area contributed by atoms with Gasteiger partial charge in [-0.1, -0.05) is 66.8 Å².